The van der Waals surface area contributed by atoms with E-state index < -0.39 is 27.2 Å². The van der Waals surface area contributed by atoms with Crippen molar-refractivity contribution in [3.8, 4) is 0 Å². The number of hydrogen-bond donors (Lipinski definition) is 2. The summed E-state index contributed by atoms with van der Waals surface area (Å²) < 4.78 is 54.5. The average molecular weight is 485 g/mol. The molecule has 1 spiro atoms. The van der Waals surface area contributed by atoms with Crippen molar-refractivity contribution in [3.63, 3.8) is 0 Å². The minimum absolute atomic E-state index is 0. The average Bonchev–Trinajstić information content (AvgIpc) is 2.73. The van der Waals surface area contributed by atoms with Crippen LogP contribution in [0.4, 0.5) is 8.78 Å². The molecule has 1 fully saturated rings. The van der Waals surface area contributed by atoms with E-state index in [-0.39, 0.29) is 19.0 Å². The Kier molecular flexibility index (Phi) is 7.54. The quantitative estimate of drug-likeness (QED) is 0.699. The van der Waals surface area contributed by atoms with Crippen LogP contribution in [0.25, 0.3) is 0 Å². The van der Waals surface area contributed by atoms with Gasteiger partial charge in [-0.05, 0) is 49.6 Å². The summed E-state index contributed by atoms with van der Waals surface area (Å²) in [6.45, 7) is 4.17. The molecule has 0 bridgehead atoms. The first-order valence-electron chi connectivity index (χ1n) is 10.3. The van der Waals surface area contributed by atoms with Crippen LogP contribution in [-0.4, -0.2) is 50.3 Å². The third-order valence-electron chi connectivity index (χ3n) is 5.92. The number of piperidine rings is 1. The SMILES string of the molecule is Cc1ccc(S(=O)(=O)N2CCC3(CC2)NCCN=C3NCc2cc(F)cc(F)c2)cc1.Cl. The molecule has 2 heterocycles. The van der Waals surface area contributed by atoms with Gasteiger partial charge in [0.1, 0.15) is 17.5 Å². The second kappa shape index (κ2) is 9.82. The lowest BCUT2D eigenvalue weighted by atomic mass is 9.85. The van der Waals surface area contributed by atoms with Crippen molar-refractivity contribution in [1.82, 2.24) is 14.9 Å². The molecule has 0 unspecified atom stereocenters. The standard InChI is InChI=1S/C22H26F2N4O2S.ClH/c1-16-2-4-20(5-3-16)31(29,30)28-10-6-22(7-11-28)21(25-8-9-27-22)26-15-17-12-18(23)14-19(24)13-17;/h2-5,12-14,27H,6-11,15H2,1H3,(H,25,26);1H. The van der Waals surface area contributed by atoms with E-state index in [0.29, 0.717) is 49.5 Å². The summed E-state index contributed by atoms with van der Waals surface area (Å²) in [5, 5.41) is 6.73. The topological polar surface area (TPSA) is 73.8 Å². The molecule has 1 saturated heterocycles. The first-order valence-corrected chi connectivity index (χ1v) is 11.8. The minimum atomic E-state index is -3.55. The summed E-state index contributed by atoms with van der Waals surface area (Å²) in [7, 11) is -3.55. The molecular formula is C22H27ClF2N4O2S. The fourth-order valence-corrected chi connectivity index (χ4v) is 5.64. The highest BCUT2D eigenvalue weighted by Crippen LogP contribution is 2.29. The van der Waals surface area contributed by atoms with Gasteiger partial charge in [0.2, 0.25) is 10.0 Å². The number of halogens is 3. The number of aryl methyl sites for hydroxylation is 1. The van der Waals surface area contributed by atoms with E-state index in [0.717, 1.165) is 17.5 Å². The van der Waals surface area contributed by atoms with Crippen LogP contribution in [0, 0.1) is 18.6 Å². The predicted octanol–water partition coefficient (Wildman–Crippen LogP) is 3.01. The van der Waals surface area contributed by atoms with Gasteiger partial charge in [0.25, 0.3) is 0 Å². The number of benzene rings is 2. The van der Waals surface area contributed by atoms with Crippen LogP contribution in [0.1, 0.15) is 24.0 Å². The molecule has 4 rings (SSSR count). The van der Waals surface area contributed by atoms with Crippen LogP contribution >= 0.6 is 12.4 Å². The normalized spacial score (nSPS) is 18.7. The Morgan fingerprint density at radius 3 is 2.34 bits per heavy atom. The zero-order valence-electron chi connectivity index (χ0n) is 17.8. The summed E-state index contributed by atoms with van der Waals surface area (Å²) in [5.74, 6) is -0.523. The Balaban J connectivity index is 0.00000289. The second-order valence-electron chi connectivity index (χ2n) is 8.09. The maximum Gasteiger partial charge on any atom is 0.243 e. The number of amidine groups is 1. The molecule has 0 atom stereocenters. The van der Waals surface area contributed by atoms with Gasteiger partial charge in [0.05, 0.1) is 17.0 Å². The molecule has 2 aromatic rings. The number of nitrogens with one attached hydrogen (secondary N) is 2. The predicted molar refractivity (Wildman–Crippen MR) is 123 cm³/mol. The molecule has 2 aliphatic heterocycles. The smallest absolute Gasteiger partial charge is 0.243 e. The highest BCUT2D eigenvalue weighted by Gasteiger charge is 2.43. The van der Waals surface area contributed by atoms with Crippen LogP contribution in [0.5, 0.6) is 0 Å². The van der Waals surface area contributed by atoms with Crippen molar-refractivity contribution in [2.75, 3.05) is 26.2 Å². The monoisotopic (exact) mass is 484 g/mol. The Bertz CT molecular complexity index is 1070. The fourth-order valence-electron chi connectivity index (χ4n) is 4.20. The minimum Gasteiger partial charge on any atom is -0.368 e. The zero-order valence-corrected chi connectivity index (χ0v) is 19.4. The summed E-state index contributed by atoms with van der Waals surface area (Å²) in [6, 6.07) is 10.3. The molecule has 0 amide bonds. The van der Waals surface area contributed by atoms with Gasteiger partial charge in [-0.3, -0.25) is 4.99 Å². The molecule has 2 aromatic carbocycles. The maximum atomic E-state index is 13.5. The van der Waals surface area contributed by atoms with Gasteiger partial charge in [-0.15, -0.1) is 12.4 Å². The van der Waals surface area contributed by atoms with Gasteiger partial charge in [0.15, 0.2) is 0 Å². The fraction of sp³-hybridized carbons (Fsp3) is 0.409. The molecule has 2 N–H and O–H groups in total. The first-order chi connectivity index (χ1) is 14.8. The zero-order chi connectivity index (χ0) is 22.1. The van der Waals surface area contributed by atoms with Crippen LogP contribution < -0.4 is 10.6 Å². The molecule has 0 saturated carbocycles. The number of nitrogens with zero attached hydrogens (tertiary/aromatic N) is 2. The molecule has 10 heteroatoms. The van der Waals surface area contributed by atoms with Gasteiger partial charge in [-0.25, -0.2) is 17.2 Å². The van der Waals surface area contributed by atoms with Crippen LogP contribution in [-0.2, 0) is 16.6 Å². The van der Waals surface area contributed by atoms with Crippen LogP contribution in [0.3, 0.4) is 0 Å². The molecular weight excluding hydrogens is 458 g/mol. The Hall–Kier alpha value is -2.07. The summed E-state index contributed by atoms with van der Waals surface area (Å²) in [5.41, 5.74) is 1.03. The van der Waals surface area contributed by atoms with Crippen LogP contribution in [0.15, 0.2) is 52.4 Å². The van der Waals surface area contributed by atoms with Gasteiger partial charge in [0, 0.05) is 32.2 Å². The summed E-state index contributed by atoms with van der Waals surface area (Å²) in [6.07, 6.45) is 1.11. The van der Waals surface area contributed by atoms with Crippen LogP contribution in [0.2, 0.25) is 0 Å². The lowest BCUT2D eigenvalue weighted by Gasteiger charge is -2.44. The van der Waals surface area contributed by atoms with E-state index >= 15 is 0 Å². The van der Waals surface area contributed by atoms with E-state index in [9.17, 15) is 17.2 Å². The van der Waals surface area contributed by atoms with E-state index in [1.807, 2.05) is 6.92 Å². The van der Waals surface area contributed by atoms with E-state index in [1.54, 1.807) is 24.3 Å². The molecule has 174 valence electrons. The third kappa shape index (κ3) is 5.11. The highest BCUT2D eigenvalue weighted by atomic mass is 35.5. The Labute approximate surface area is 193 Å². The lowest BCUT2D eigenvalue weighted by Crippen LogP contribution is -2.64. The number of aliphatic imine (C=N–C) groups is 1. The van der Waals surface area contributed by atoms with Crippen molar-refractivity contribution in [3.05, 3.63) is 65.2 Å². The largest absolute Gasteiger partial charge is 0.368 e. The summed E-state index contributed by atoms with van der Waals surface area (Å²) in [4.78, 5) is 4.91. The Morgan fingerprint density at radius 1 is 1.09 bits per heavy atom. The molecule has 6 nitrogen and oxygen atoms in total. The van der Waals surface area contributed by atoms with Gasteiger partial charge < -0.3 is 10.6 Å². The third-order valence-corrected chi connectivity index (χ3v) is 7.83. The van der Waals surface area contributed by atoms with E-state index in [1.165, 1.54) is 16.4 Å². The van der Waals surface area contributed by atoms with E-state index in [2.05, 4.69) is 15.6 Å². The van der Waals surface area contributed by atoms with Crippen molar-refractivity contribution in [2.45, 2.75) is 36.7 Å². The van der Waals surface area contributed by atoms with Crippen molar-refractivity contribution >= 4 is 28.3 Å². The maximum absolute atomic E-state index is 13.5. The first kappa shape index (κ1) is 24.6. The van der Waals surface area contributed by atoms with E-state index in [4.69, 9.17) is 0 Å². The second-order valence-corrected chi connectivity index (χ2v) is 10.0. The Morgan fingerprint density at radius 2 is 1.72 bits per heavy atom. The molecule has 32 heavy (non-hydrogen) atoms. The van der Waals surface area contributed by atoms with Gasteiger partial charge in [-0.2, -0.15) is 4.31 Å². The molecule has 0 aromatic heterocycles. The molecule has 2 aliphatic rings. The van der Waals surface area contributed by atoms with Gasteiger partial charge >= 0.3 is 0 Å². The number of sulfonamides is 1. The summed E-state index contributed by atoms with van der Waals surface area (Å²) >= 11 is 0. The lowest BCUT2D eigenvalue weighted by molar-refractivity contribution is 0.241. The highest BCUT2D eigenvalue weighted by molar-refractivity contribution is 7.89. The van der Waals surface area contributed by atoms with Crippen molar-refractivity contribution in [2.24, 2.45) is 4.99 Å². The number of rotatable bonds is 4. The van der Waals surface area contributed by atoms with Gasteiger partial charge in [-0.1, -0.05) is 17.7 Å². The molecule has 0 aliphatic carbocycles. The number of hydrogen-bond acceptors (Lipinski definition) is 5. The van der Waals surface area contributed by atoms with Crippen molar-refractivity contribution < 1.29 is 17.2 Å². The molecule has 0 radical (unpaired) electrons. The van der Waals surface area contributed by atoms with Crippen molar-refractivity contribution in [1.29, 1.82) is 0 Å².